The number of hydrogen-bond donors (Lipinski definition) is 2. The van der Waals surface area contributed by atoms with Crippen molar-refractivity contribution in [2.45, 2.75) is 25.4 Å². The fraction of sp³-hybridized carbons (Fsp3) is 0.778. The van der Waals surface area contributed by atoms with Gasteiger partial charge in [-0.2, -0.15) is 0 Å². The smallest absolute Gasteiger partial charge is 0.244 e. The third kappa shape index (κ3) is 2.42. The van der Waals surface area contributed by atoms with E-state index in [2.05, 4.69) is 10.6 Å². The number of nitrogens with zero attached hydrogens (tertiary/aromatic N) is 1. The van der Waals surface area contributed by atoms with E-state index in [1.165, 1.54) is 0 Å². The Balaban J connectivity index is 2.45. The molecule has 2 N–H and O–H groups in total. The minimum atomic E-state index is -0.122. The molecule has 1 aliphatic heterocycles. The lowest BCUT2D eigenvalue weighted by Gasteiger charge is -2.18. The first-order valence-electron chi connectivity index (χ1n) is 4.79. The average molecular weight is 215 g/mol. The van der Waals surface area contributed by atoms with Crippen LogP contribution in [0.3, 0.4) is 0 Å². The van der Waals surface area contributed by atoms with Crippen LogP contribution in [0.15, 0.2) is 0 Å². The van der Waals surface area contributed by atoms with Crippen LogP contribution in [-0.2, 0) is 4.79 Å². The molecule has 0 bridgehead atoms. The van der Waals surface area contributed by atoms with Gasteiger partial charge in [0.25, 0.3) is 0 Å². The highest BCUT2D eigenvalue weighted by Gasteiger charge is 2.29. The highest BCUT2D eigenvalue weighted by atomic mass is 32.1. The Morgan fingerprint density at radius 1 is 1.71 bits per heavy atom. The van der Waals surface area contributed by atoms with Gasteiger partial charge in [-0.15, -0.1) is 0 Å². The predicted octanol–water partition coefficient (Wildman–Crippen LogP) is -0.258. The number of thiocarbonyl (C=S) groups is 1. The van der Waals surface area contributed by atoms with Gasteiger partial charge in [0.15, 0.2) is 0 Å². The Kier molecular flexibility index (Phi) is 3.83. The van der Waals surface area contributed by atoms with Crippen molar-refractivity contribution in [3.8, 4) is 0 Å². The molecule has 2 atom stereocenters. The zero-order valence-corrected chi connectivity index (χ0v) is 9.65. The molecule has 14 heavy (non-hydrogen) atoms. The Morgan fingerprint density at radius 2 is 2.36 bits per heavy atom. The van der Waals surface area contributed by atoms with Gasteiger partial charge in [-0.3, -0.25) is 4.79 Å². The fourth-order valence-electron chi connectivity index (χ4n) is 1.38. The standard InChI is InChI=1S/C9H17N3OS/c1-6(10-2)8(14)11-7-4-5-12(3)9(7)13/h6-7,10H,4-5H2,1-3H3,(H,11,14)/t6-,7?/m0/s1. The Hall–Kier alpha value is -0.680. The zero-order chi connectivity index (χ0) is 10.7. The van der Waals surface area contributed by atoms with Crippen LogP contribution in [0.1, 0.15) is 13.3 Å². The molecule has 0 aliphatic carbocycles. The van der Waals surface area contributed by atoms with Gasteiger partial charge in [-0.25, -0.2) is 0 Å². The maximum atomic E-state index is 11.5. The number of likely N-dealkylation sites (tertiary alicyclic amines) is 1. The summed E-state index contributed by atoms with van der Waals surface area (Å²) in [7, 11) is 3.66. The third-order valence-electron chi connectivity index (χ3n) is 2.57. The Labute approximate surface area is 90.0 Å². The Bertz CT molecular complexity index is 244. The molecular weight excluding hydrogens is 198 g/mol. The summed E-state index contributed by atoms with van der Waals surface area (Å²) in [6, 6.07) is -0.00740. The van der Waals surface area contributed by atoms with Crippen LogP contribution < -0.4 is 10.6 Å². The molecule has 1 fully saturated rings. The van der Waals surface area contributed by atoms with Crippen molar-refractivity contribution < 1.29 is 4.79 Å². The molecular formula is C9H17N3OS. The van der Waals surface area contributed by atoms with Gasteiger partial charge in [0, 0.05) is 13.6 Å². The average Bonchev–Trinajstić information content (AvgIpc) is 2.48. The summed E-state index contributed by atoms with van der Waals surface area (Å²) in [5, 5.41) is 6.12. The lowest BCUT2D eigenvalue weighted by molar-refractivity contribution is -0.127. The van der Waals surface area contributed by atoms with Gasteiger partial charge in [0.1, 0.15) is 6.04 Å². The second kappa shape index (κ2) is 4.70. The van der Waals surface area contributed by atoms with Crippen molar-refractivity contribution in [1.82, 2.24) is 15.5 Å². The van der Waals surface area contributed by atoms with Crippen molar-refractivity contribution in [1.29, 1.82) is 0 Å². The second-order valence-electron chi connectivity index (χ2n) is 3.62. The topological polar surface area (TPSA) is 44.4 Å². The number of carbonyl (C=O) groups excluding carboxylic acids is 1. The second-order valence-corrected chi connectivity index (χ2v) is 4.06. The molecule has 1 unspecified atom stereocenters. The molecule has 1 amide bonds. The summed E-state index contributed by atoms with van der Waals surface area (Å²) < 4.78 is 0. The highest BCUT2D eigenvalue weighted by molar-refractivity contribution is 7.80. The first-order valence-corrected chi connectivity index (χ1v) is 5.19. The minimum Gasteiger partial charge on any atom is -0.367 e. The van der Waals surface area contributed by atoms with Crippen LogP contribution >= 0.6 is 12.2 Å². The van der Waals surface area contributed by atoms with Crippen LogP contribution in [0, 0.1) is 0 Å². The van der Waals surface area contributed by atoms with Crippen molar-refractivity contribution in [2.24, 2.45) is 0 Å². The van der Waals surface area contributed by atoms with E-state index < -0.39 is 0 Å². The number of hydrogen-bond acceptors (Lipinski definition) is 3. The summed E-state index contributed by atoms with van der Waals surface area (Å²) in [5.41, 5.74) is 0. The Morgan fingerprint density at radius 3 is 2.79 bits per heavy atom. The molecule has 80 valence electrons. The van der Waals surface area contributed by atoms with E-state index >= 15 is 0 Å². The molecule has 4 nitrogen and oxygen atoms in total. The zero-order valence-electron chi connectivity index (χ0n) is 8.83. The predicted molar refractivity (Wildman–Crippen MR) is 60.3 cm³/mol. The van der Waals surface area contributed by atoms with Crippen molar-refractivity contribution in [3.05, 3.63) is 0 Å². The summed E-state index contributed by atoms with van der Waals surface area (Å²) >= 11 is 5.16. The summed E-state index contributed by atoms with van der Waals surface area (Å²) in [6.07, 6.45) is 0.839. The van der Waals surface area contributed by atoms with Crippen LogP contribution in [0.5, 0.6) is 0 Å². The minimum absolute atomic E-state index is 0.115. The first kappa shape index (κ1) is 11.4. The van der Waals surface area contributed by atoms with Crippen LogP contribution in [0.2, 0.25) is 0 Å². The molecule has 0 aromatic carbocycles. The van der Waals surface area contributed by atoms with E-state index in [9.17, 15) is 4.79 Å². The summed E-state index contributed by atoms with van der Waals surface area (Å²) in [4.78, 5) is 14.0. The summed E-state index contributed by atoms with van der Waals surface area (Å²) in [5.74, 6) is 0.135. The lowest BCUT2D eigenvalue weighted by atomic mass is 10.2. The molecule has 0 radical (unpaired) electrons. The number of carbonyl (C=O) groups is 1. The van der Waals surface area contributed by atoms with Crippen LogP contribution in [-0.4, -0.2) is 48.5 Å². The molecule has 0 saturated carbocycles. The van der Waals surface area contributed by atoms with Gasteiger partial charge < -0.3 is 15.5 Å². The first-order chi connectivity index (χ1) is 6.56. The SMILES string of the molecule is CN[C@@H](C)C(=S)NC1CCN(C)C1=O. The lowest BCUT2D eigenvalue weighted by Crippen LogP contribution is -2.46. The van der Waals surface area contributed by atoms with Gasteiger partial charge in [-0.05, 0) is 20.4 Å². The van der Waals surface area contributed by atoms with Gasteiger partial charge in [-0.1, -0.05) is 12.2 Å². The molecule has 1 saturated heterocycles. The normalized spacial score (nSPS) is 23.8. The molecule has 0 spiro atoms. The van der Waals surface area contributed by atoms with Gasteiger partial charge >= 0.3 is 0 Å². The van der Waals surface area contributed by atoms with E-state index in [-0.39, 0.29) is 18.0 Å². The quantitative estimate of drug-likeness (QED) is 0.637. The molecule has 1 rings (SSSR count). The highest BCUT2D eigenvalue weighted by Crippen LogP contribution is 2.08. The fourth-order valence-corrected chi connectivity index (χ4v) is 1.64. The number of nitrogens with one attached hydrogen (secondary N) is 2. The third-order valence-corrected chi connectivity index (χ3v) is 3.04. The van der Waals surface area contributed by atoms with Crippen molar-refractivity contribution >= 4 is 23.1 Å². The number of rotatable bonds is 3. The van der Waals surface area contributed by atoms with E-state index in [0.29, 0.717) is 4.99 Å². The van der Waals surface area contributed by atoms with Crippen molar-refractivity contribution in [3.63, 3.8) is 0 Å². The van der Waals surface area contributed by atoms with Gasteiger partial charge in [0.2, 0.25) is 5.91 Å². The number of amides is 1. The summed E-state index contributed by atoms with van der Waals surface area (Å²) in [6.45, 7) is 2.78. The maximum Gasteiger partial charge on any atom is 0.244 e. The van der Waals surface area contributed by atoms with E-state index in [1.807, 2.05) is 21.0 Å². The monoisotopic (exact) mass is 215 g/mol. The van der Waals surface area contributed by atoms with E-state index in [0.717, 1.165) is 13.0 Å². The molecule has 5 heteroatoms. The molecule has 1 heterocycles. The maximum absolute atomic E-state index is 11.5. The molecule has 1 aliphatic rings. The van der Waals surface area contributed by atoms with E-state index in [4.69, 9.17) is 12.2 Å². The molecule has 0 aromatic heterocycles. The largest absolute Gasteiger partial charge is 0.367 e. The van der Waals surface area contributed by atoms with Crippen molar-refractivity contribution in [2.75, 3.05) is 20.6 Å². The van der Waals surface area contributed by atoms with E-state index in [1.54, 1.807) is 4.90 Å². The molecule has 0 aromatic rings. The van der Waals surface area contributed by atoms with Crippen LogP contribution in [0.25, 0.3) is 0 Å². The number of likely N-dealkylation sites (N-methyl/N-ethyl adjacent to an activating group) is 2. The van der Waals surface area contributed by atoms with Gasteiger partial charge in [0.05, 0.1) is 11.0 Å². The van der Waals surface area contributed by atoms with Crippen LogP contribution in [0.4, 0.5) is 0 Å².